The van der Waals surface area contributed by atoms with Crippen molar-refractivity contribution in [2.24, 2.45) is 0 Å². The Morgan fingerprint density at radius 1 is 1.20 bits per heavy atom. The fraction of sp³-hybridized carbons (Fsp3) is 0.409. The molecule has 8 heteroatoms. The summed E-state index contributed by atoms with van der Waals surface area (Å²) in [5, 5.41) is 8.63. The van der Waals surface area contributed by atoms with Crippen molar-refractivity contribution in [1.29, 1.82) is 0 Å². The van der Waals surface area contributed by atoms with Crippen molar-refractivity contribution in [3.05, 3.63) is 36.8 Å². The highest BCUT2D eigenvalue weighted by Crippen LogP contribution is 2.36. The van der Waals surface area contributed by atoms with E-state index in [-0.39, 0.29) is 5.60 Å². The van der Waals surface area contributed by atoms with E-state index in [2.05, 4.69) is 33.4 Å². The zero-order chi connectivity index (χ0) is 20.7. The van der Waals surface area contributed by atoms with E-state index < -0.39 is 0 Å². The first-order chi connectivity index (χ1) is 14.6. The maximum absolute atomic E-state index is 5.65. The highest BCUT2D eigenvalue weighted by molar-refractivity contribution is 5.98. The number of anilines is 1. The Morgan fingerprint density at radius 2 is 2.03 bits per heavy atom. The SMILES string of the molecule is COc1nc(N[C@H]2CC[C@@](C)(OC)CC2)nc2[nH]cc(-c3ccn4nccc4c3)c12. The Balaban J connectivity index is 1.46. The molecule has 0 radical (unpaired) electrons. The highest BCUT2D eigenvalue weighted by Gasteiger charge is 2.31. The summed E-state index contributed by atoms with van der Waals surface area (Å²) in [7, 11) is 3.44. The first kappa shape index (κ1) is 18.9. The summed E-state index contributed by atoms with van der Waals surface area (Å²) in [5.41, 5.74) is 3.82. The summed E-state index contributed by atoms with van der Waals surface area (Å²) in [6.45, 7) is 2.18. The smallest absolute Gasteiger partial charge is 0.228 e. The van der Waals surface area contributed by atoms with Crippen molar-refractivity contribution in [3.63, 3.8) is 0 Å². The van der Waals surface area contributed by atoms with Crippen molar-refractivity contribution in [2.75, 3.05) is 19.5 Å². The molecule has 8 nitrogen and oxygen atoms in total. The van der Waals surface area contributed by atoms with Crippen LogP contribution in [0.5, 0.6) is 5.88 Å². The standard InChI is InChI=1S/C22H26N6O2/c1-22(30-3)8-4-15(5-9-22)25-21-26-19-18(20(27-21)29-2)17(13-23-19)14-7-11-28-16(12-14)6-10-24-28/h6-7,10-13,15H,4-5,8-9H2,1-3H3,(H2,23,25,26,27)/t15-,22+. The first-order valence-corrected chi connectivity index (χ1v) is 10.3. The Hall–Kier alpha value is -3.13. The van der Waals surface area contributed by atoms with Crippen LogP contribution in [0.1, 0.15) is 32.6 Å². The molecule has 156 valence electrons. The average Bonchev–Trinajstić information content (AvgIpc) is 3.41. The normalized spacial score (nSPS) is 21.9. The summed E-state index contributed by atoms with van der Waals surface area (Å²) in [6.07, 6.45) is 9.78. The fourth-order valence-electron chi connectivity index (χ4n) is 4.29. The minimum absolute atomic E-state index is 0.0222. The van der Waals surface area contributed by atoms with E-state index in [1.54, 1.807) is 20.4 Å². The molecule has 0 saturated heterocycles. The molecule has 5 rings (SSSR count). The zero-order valence-electron chi connectivity index (χ0n) is 17.5. The Kier molecular flexibility index (Phi) is 4.58. The van der Waals surface area contributed by atoms with Gasteiger partial charge in [-0.25, -0.2) is 4.52 Å². The minimum atomic E-state index is -0.0222. The summed E-state index contributed by atoms with van der Waals surface area (Å²) in [5.74, 6) is 1.15. The van der Waals surface area contributed by atoms with E-state index in [0.717, 1.165) is 53.4 Å². The molecule has 0 unspecified atom stereocenters. The van der Waals surface area contributed by atoms with Crippen LogP contribution in [0.4, 0.5) is 5.95 Å². The Bertz CT molecular complexity index is 1190. The number of aromatic amines is 1. The summed E-state index contributed by atoms with van der Waals surface area (Å²) >= 11 is 0. The van der Waals surface area contributed by atoms with Gasteiger partial charge in [0.15, 0.2) is 0 Å². The number of aromatic nitrogens is 5. The Labute approximate surface area is 174 Å². The molecule has 0 bridgehead atoms. The van der Waals surface area contributed by atoms with Crippen LogP contribution in [0.3, 0.4) is 0 Å². The van der Waals surface area contributed by atoms with Crippen LogP contribution in [0, 0.1) is 0 Å². The second-order valence-corrected chi connectivity index (χ2v) is 8.17. The van der Waals surface area contributed by atoms with Gasteiger partial charge in [0.1, 0.15) is 5.65 Å². The maximum atomic E-state index is 5.65. The van der Waals surface area contributed by atoms with Crippen LogP contribution in [0.15, 0.2) is 36.8 Å². The van der Waals surface area contributed by atoms with E-state index in [4.69, 9.17) is 14.5 Å². The molecule has 2 N–H and O–H groups in total. The summed E-state index contributed by atoms with van der Waals surface area (Å²) < 4.78 is 13.1. The van der Waals surface area contributed by atoms with E-state index in [1.807, 2.05) is 29.0 Å². The quantitative estimate of drug-likeness (QED) is 0.520. The Morgan fingerprint density at radius 3 is 2.80 bits per heavy atom. The molecular formula is C22H26N6O2. The van der Waals surface area contributed by atoms with Gasteiger partial charge in [-0.15, -0.1) is 0 Å². The van der Waals surface area contributed by atoms with Crippen molar-refractivity contribution in [1.82, 2.24) is 24.6 Å². The average molecular weight is 406 g/mol. The summed E-state index contributed by atoms with van der Waals surface area (Å²) in [6, 6.07) is 6.43. The van der Waals surface area contributed by atoms with Gasteiger partial charge in [0.25, 0.3) is 0 Å². The lowest BCUT2D eigenvalue weighted by Crippen LogP contribution is -2.37. The lowest BCUT2D eigenvalue weighted by molar-refractivity contribution is -0.0253. The van der Waals surface area contributed by atoms with E-state index in [1.165, 1.54) is 0 Å². The van der Waals surface area contributed by atoms with Gasteiger partial charge >= 0.3 is 0 Å². The molecule has 0 aliphatic heterocycles. The molecule has 4 heterocycles. The molecule has 1 aliphatic carbocycles. The van der Waals surface area contributed by atoms with Crippen LogP contribution in [0.25, 0.3) is 27.7 Å². The number of nitrogens with one attached hydrogen (secondary N) is 2. The van der Waals surface area contributed by atoms with E-state index in [0.29, 0.717) is 17.9 Å². The van der Waals surface area contributed by atoms with Crippen LogP contribution in [-0.4, -0.2) is 50.4 Å². The van der Waals surface area contributed by atoms with Crippen molar-refractivity contribution in [3.8, 4) is 17.0 Å². The lowest BCUT2D eigenvalue weighted by Gasteiger charge is -2.36. The molecule has 0 amide bonds. The molecule has 30 heavy (non-hydrogen) atoms. The second-order valence-electron chi connectivity index (χ2n) is 8.17. The molecule has 4 aromatic heterocycles. The number of fused-ring (bicyclic) bond motifs is 2. The number of H-pyrrole nitrogens is 1. The second kappa shape index (κ2) is 7.28. The number of rotatable bonds is 5. The first-order valence-electron chi connectivity index (χ1n) is 10.3. The van der Waals surface area contributed by atoms with Crippen molar-refractivity contribution in [2.45, 2.75) is 44.2 Å². The van der Waals surface area contributed by atoms with Gasteiger partial charge in [-0.3, -0.25) is 0 Å². The van der Waals surface area contributed by atoms with Gasteiger partial charge in [0.05, 0.1) is 23.6 Å². The van der Waals surface area contributed by atoms with Gasteiger partial charge < -0.3 is 19.8 Å². The van der Waals surface area contributed by atoms with E-state index in [9.17, 15) is 0 Å². The maximum Gasteiger partial charge on any atom is 0.228 e. The van der Waals surface area contributed by atoms with Gasteiger partial charge in [-0.2, -0.15) is 15.1 Å². The van der Waals surface area contributed by atoms with Crippen LogP contribution < -0.4 is 10.1 Å². The molecule has 0 aromatic carbocycles. The minimum Gasteiger partial charge on any atom is -0.480 e. The number of ether oxygens (including phenoxy) is 2. The lowest BCUT2D eigenvalue weighted by atomic mass is 9.83. The molecular weight excluding hydrogens is 380 g/mol. The monoisotopic (exact) mass is 406 g/mol. The predicted octanol–water partition coefficient (Wildman–Crippen LogP) is 4.04. The summed E-state index contributed by atoms with van der Waals surface area (Å²) in [4.78, 5) is 12.7. The molecule has 0 spiro atoms. The number of hydrogen-bond donors (Lipinski definition) is 2. The largest absolute Gasteiger partial charge is 0.480 e. The number of methoxy groups -OCH3 is 2. The van der Waals surface area contributed by atoms with Crippen LogP contribution in [0.2, 0.25) is 0 Å². The third kappa shape index (κ3) is 3.27. The van der Waals surface area contributed by atoms with Crippen LogP contribution >= 0.6 is 0 Å². The van der Waals surface area contributed by atoms with Crippen molar-refractivity contribution >= 4 is 22.5 Å². The molecule has 4 aromatic rings. The molecule has 0 atom stereocenters. The van der Waals surface area contributed by atoms with E-state index >= 15 is 0 Å². The number of hydrogen-bond acceptors (Lipinski definition) is 6. The van der Waals surface area contributed by atoms with Crippen molar-refractivity contribution < 1.29 is 9.47 Å². The zero-order valence-corrected chi connectivity index (χ0v) is 17.5. The predicted molar refractivity (Wildman–Crippen MR) is 116 cm³/mol. The third-order valence-electron chi connectivity index (χ3n) is 6.27. The van der Waals surface area contributed by atoms with Gasteiger partial charge in [-0.1, -0.05) is 0 Å². The number of nitrogens with zero attached hydrogens (tertiary/aromatic N) is 4. The highest BCUT2D eigenvalue weighted by atomic mass is 16.5. The molecule has 1 saturated carbocycles. The third-order valence-corrected chi connectivity index (χ3v) is 6.27. The van der Waals surface area contributed by atoms with Gasteiger partial charge in [0.2, 0.25) is 11.8 Å². The number of pyridine rings is 1. The molecule has 1 aliphatic rings. The fourth-order valence-corrected chi connectivity index (χ4v) is 4.29. The van der Waals surface area contributed by atoms with Crippen LogP contribution in [-0.2, 0) is 4.74 Å². The molecule has 1 fully saturated rings. The topological polar surface area (TPSA) is 89.4 Å². The van der Waals surface area contributed by atoms with Gasteiger partial charge in [-0.05, 0) is 56.4 Å². The van der Waals surface area contributed by atoms with Gasteiger partial charge in [0, 0.05) is 37.3 Å².